The number of carbonyl (C=O) groups is 1. The molecule has 4 heterocycles. The van der Waals surface area contributed by atoms with Crippen LogP contribution in [0, 0.1) is 6.92 Å². The van der Waals surface area contributed by atoms with Crippen molar-refractivity contribution in [1.29, 1.82) is 0 Å². The molecule has 5 rings (SSSR count). The lowest BCUT2D eigenvalue weighted by Crippen LogP contribution is -2.48. The first kappa shape index (κ1) is 20.0. The average Bonchev–Trinajstić information content (AvgIpc) is 3.42. The Morgan fingerprint density at radius 2 is 2.00 bits per heavy atom. The van der Waals surface area contributed by atoms with Crippen molar-refractivity contribution in [2.45, 2.75) is 26.1 Å². The zero-order chi connectivity index (χ0) is 21.2. The first-order valence-electron chi connectivity index (χ1n) is 10.4. The van der Waals surface area contributed by atoms with Crippen LogP contribution in [0.5, 0.6) is 11.5 Å². The molecule has 1 amide bonds. The minimum absolute atomic E-state index is 0.0819. The number of rotatable bonds is 5. The third-order valence-corrected chi connectivity index (χ3v) is 6.25. The molecule has 31 heavy (non-hydrogen) atoms. The largest absolute Gasteiger partial charge is 0.486 e. The maximum absolute atomic E-state index is 12.9. The van der Waals surface area contributed by atoms with Gasteiger partial charge in [-0.3, -0.25) is 9.69 Å². The minimum Gasteiger partial charge on any atom is -0.486 e. The first-order valence-corrected chi connectivity index (χ1v) is 11.2. The maximum Gasteiger partial charge on any atom is 0.276 e. The summed E-state index contributed by atoms with van der Waals surface area (Å²) in [4.78, 5) is 21.6. The summed E-state index contributed by atoms with van der Waals surface area (Å²) in [6.45, 7) is 6.73. The SMILES string of the molecule is Cc1nc(CN2CCN(C(=O)c3cn(C[C@@H]4COc5ccccc5O4)nn3)CC2)cs1. The van der Waals surface area contributed by atoms with E-state index in [1.165, 1.54) is 0 Å². The second kappa shape index (κ2) is 8.64. The lowest BCUT2D eigenvalue weighted by atomic mass is 10.2. The molecule has 1 saturated heterocycles. The number of fused-ring (bicyclic) bond motifs is 1. The highest BCUT2D eigenvalue weighted by atomic mass is 32.1. The number of aryl methyl sites for hydroxylation is 1. The smallest absolute Gasteiger partial charge is 0.276 e. The molecular weight excluding hydrogens is 416 g/mol. The third-order valence-electron chi connectivity index (χ3n) is 5.43. The number of benzene rings is 1. The Bertz CT molecular complexity index is 1060. The molecule has 0 spiro atoms. The summed E-state index contributed by atoms with van der Waals surface area (Å²) in [5.41, 5.74) is 1.46. The van der Waals surface area contributed by atoms with Gasteiger partial charge in [0.1, 0.15) is 6.61 Å². The van der Waals surface area contributed by atoms with Gasteiger partial charge in [-0.2, -0.15) is 0 Å². The highest BCUT2D eigenvalue weighted by Gasteiger charge is 2.26. The van der Waals surface area contributed by atoms with Crippen LogP contribution in [0.3, 0.4) is 0 Å². The Labute approximate surface area is 184 Å². The monoisotopic (exact) mass is 440 g/mol. The summed E-state index contributed by atoms with van der Waals surface area (Å²) in [7, 11) is 0. The van der Waals surface area contributed by atoms with Crippen molar-refractivity contribution in [3.8, 4) is 11.5 Å². The summed E-state index contributed by atoms with van der Waals surface area (Å²) in [5.74, 6) is 1.39. The molecule has 2 aliphatic heterocycles. The van der Waals surface area contributed by atoms with Gasteiger partial charge in [0.05, 0.1) is 23.4 Å². The highest BCUT2D eigenvalue weighted by Crippen LogP contribution is 2.31. The Morgan fingerprint density at radius 3 is 2.77 bits per heavy atom. The minimum atomic E-state index is -0.183. The van der Waals surface area contributed by atoms with Crippen LogP contribution >= 0.6 is 11.3 Å². The summed E-state index contributed by atoms with van der Waals surface area (Å²) >= 11 is 1.67. The van der Waals surface area contributed by atoms with Gasteiger partial charge in [0.25, 0.3) is 5.91 Å². The number of piperazine rings is 1. The van der Waals surface area contributed by atoms with Gasteiger partial charge in [-0.05, 0) is 19.1 Å². The molecule has 0 aliphatic carbocycles. The van der Waals surface area contributed by atoms with E-state index in [9.17, 15) is 4.79 Å². The van der Waals surface area contributed by atoms with Gasteiger partial charge in [-0.25, -0.2) is 9.67 Å². The predicted octanol–water partition coefficient (Wildman–Crippen LogP) is 1.84. The standard InChI is InChI=1S/C21H24N6O3S/c1-15-22-16(14-31-15)10-25-6-8-26(9-7-25)21(28)18-12-27(24-23-18)11-17-13-29-19-4-2-3-5-20(19)30-17/h2-5,12,14,17H,6-11,13H2,1H3/t17-/m1/s1. The molecule has 0 N–H and O–H groups in total. The van der Waals surface area contributed by atoms with E-state index in [0.29, 0.717) is 31.9 Å². The summed E-state index contributed by atoms with van der Waals surface area (Å²) in [5, 5.41) is 11.4. The van der Waals surface area contributed by atoms with E-state index in [2.05, 4.69) is 25.6 Å². The van der Waals surface area contributed by atoms with Gasteiger partial charge >= 0.3 is 0 Å². The molecule has 0 unspecified atom stereocenters. The molecule has 162 valence electrons. The van der Waals surface area contributed by atoms with Crippen molar-refractivity contribution in [2.75, 3.05) is 32.8 Å². The van der Waals surface area contributed by atoms with Crippen molar-refractivity contribution >= 4 is 17.2 Å². The number of aromatic nitrogens is 4. The van der Waals surface area contributed by atoms with Crippen LogP contribution in [0.4, 0.5) is 0 Å². The summed E-state index contributed by atoms with van der Waals surface area (Å²) < 4.78 is 13.4. The Balaban J connectivity index is 1.14. The van der Waals surface area contributed by atoms with E-state index >= 15 is 0 Å². The number of hydrogen-bond donors (Lipinski definition) is 0. The molecule has 10 heteroatoms. The molecule has 2 aliphatic rings. The van der Waals surface area contributed by atoms with Crippen LogP contribution in [-0.2, 0) is 13.1 Å². The lowest BCUT2D eigenvalue weighted by molar-refractivity contribution is 0.0621. The van der Waals surface area contributed by atoms with Gasteiger partial charge in [0.15, 0.2) is 23.3 Å². The first-order chi connectivity index (χ1) is 15.1. The number of thiazole rings is 1. The Morgan fingerprint density at radius 1 is 1.19 bits per heavy atom. The molecular formula is C21H24N6O3S. The fraction of sp³-hybridized carbons (Fsp3) is 0.429. The normalized spacial score (nSPS) is 18.9. The highest BCUT2D eigenvalue weighted by molar-refractivity contribution is 7.09. The molecule has 0 saturated carbocycles. The molecule has 0 bridgehead atoms. The second-order valence-electron chi connectivity index (χ2n) is 7.75. The number of nitrogens with zero attached hydrogens (tertiary/aromatic N) is 6. The van der Waals surface area contributed by atoms with E-state index < -0.39 is 0 Å². The van der Waals surface area contributed by atoms with E-state index in [1.807, 2.05) is 36.1 Å². The van der Waals surface area contributed by atoms with Crippen molar-refractivity contribution in [1.82, 2.24) is 29.8 Å². The molecule has 3 aromatic rings. The van der Waals surface area contributed by atoms with Crippen molar-refractivity contribution < 1.29 is 14.3 Å². The predicted molar refractivity (Wildman–Crippen MR) is 114 cm³/mol. The second-order valence-corrected chi connectivity index (χ2v) is 8.81. The summed E-state index contributed by atoms with van der Waals surface area (Å²) in [6, 6.07) is 7.59. The summed E-state index contributed by atoms with van der Waals surface area (Å²) in [6.07, 6.45) is 1.51. The third kappa shape index (κ3) is 4.54. The van der Waals surface area contributed by atoms with Crippen molar-refractivity contribution in [2.24, 2.45) is 0 Å². The maximum atomic E-state index is 12.9. The number of amides is 1. The van der Waals surface area contributed by atoms with E-state index in [1.54, 1.807) is 22.2 Å². The molecule has 1 fully saturated rings. The van der Waals surface area contributed by atoms with Crippen LogP contribution in [0.2, 0.25) is 0 Å². The van der Waals surface area contributed by atoms with E-state index in [4.69, 9.17) is 9.47 Å². The van der Waals surface area contributed by atoms with Gasteiger partial charge in [-0.1, -0.05) is 17.3 Å². The van der Waals surface area contributed by atoms with Crippen LogP contribution < -0.4 is 9.47 Å². The van der Waals surface area contributed by atoms with Gasteiger partial charge < -0.3 is 14.4 Å². The van der Waals surface area contributed by atoms with Crippen molar-refractivity contribution in [3.63, 3.8) is 0 Å². The fourth-order valence-electron chi connectivity index (χ4n) is 3.83. The van der Waals surface area contributed by atoms with Gasteiger partial charge in [0, 0.05) is 38.1 Å². The molecule has 2 aromatic heterocycles. The van der Waals surface area contributed by atoms with Crippen LogP contribution in [0.1, 0.15) is 21.2 Å². The fourth-order valence-corrected chi connectivity index (χ4v) is 4.43. The van der Waals surface area contributed by atoms with Gasteiger partial charge in [0.2, 0.25) is 0 Å². The topological polar surface area (TPSA) is 85.6 Å². The molecule has 1 atom stereocenters. The average molecular weight is 441 g/mol. The Kier molecular flexibility index (Phi) is 5.56. The number of carbonyl (C=O) groups excluding carboxylic acids is 1. The van der Waals surface area contributed by atoms with E-state index in [0.717, 1.165) is 41.8 Å². The number of para-hydroxylation sites is 2. The molecule has 0 radical (unpaired) electrons. The zero-order valence-electron chi connectivity index (χ0n) is 17.3. The number of ether oxygens (including phenoxy) is 2. The Hall–Kier alpha value is -2.98. The molecule has 1 aromatic carbocycles. The van der Waals surface area contributed by atoms with Gasteiger partial charge in [-0.15, -0.1) is 16.4 Å². The number of hydrogen-bond acceptors (Lipinski definition) is 8. The van der Waals surface area contributed by atoms with Crippen molar-refractivity contribution in [3.05, 3.63) is 52.2 Å². The van der Waals surface area contributed by atoms with E-state index in [-0.39, 0.29) is 12.0 Å². The van der Waals surface area contributed by atoms with Crippen LogP contribution in [-0.4, -0.2) is 74.6 Å². The van der Waals surface area contributed by atoms with Crippen LogP contribution in [0.25, 0.3) is 0 Å². The quantitative estimate of drug-likeness (QED) is 0.598. The van der Waals surface area contributed by atoms with Crippen LogP contribution in [0.15, 0.2) is 35.8 Å². The zero-order valence-corrected chi connectivity index (χ0v) is 18.1. The molecule has 9 nitrogen and oxygen atoms in total. The lowest BCUT2D eigenvalue weighted by Gasteiger charge is -2.33.